The van der Waals surface area contributed by atoms with Crippen LogP contribution in [0.3, 0.4) is 0 Å². The topological polar surface area (TPSA) is 47.3 Å². The lowest BCUT2D eigenvalue weighted by Crippen LogP contribution is -2.31. The Hall–Kier alpha value is -0.170. The summed E-state index contributed by atoms with van der Waals surface area (Å²) in [5.74, 6) is 5.45. The average Bonchev–Trinajstić information content (AvgIpc) is 2.21. The molecule has 1 aromatic rings. The van der Waals surface area contributed by atoms with E-state index in [1.165, 1.54) is 3.57 Å². The van der Waals surface area contributed by atoms with Crippen molar-refractivity contribution in [3.63, 3.8) is 0 Å². The number of nitrogens with two attached hydrogens (primary N) is 1. The first kappa shape index (κ1) is 11.9. The van der Waals surface area contributed by atoms with Gasteiger partial charge in [0.2, 0.25) is 0 Å². The Kier molecular flexibility index (Phi) is 5.39. The second kappa shape index (κ2) is 6.34. The summed E-state index contributed by atoms with van der Waals surface area (Å²) in [6.45, 7) is 3.29. The van der Waals surface area contributed by atoms with Gasteiger partial charge in [0.05, 0.1) is 12.6 Å². The lowest BCUT2D eigenvalue weighted by Gasteiger charge is -2.15. The fourth-order valence-electron chi connectivity index (χ4n) is 1.17. The summed E-state index contributed by atoms with van der Waals surface area (Å²) < 4.78 is 6.55. The van der Waals surface area contributed by atoms with Crippen molar-refractivity contribution >= 4 is 22.6 Å². The minimum atomic E-state index is 0.0759. The van der Waals surface area contributed by atoms with Gasteiger partial charge in [0.25, 0.3) is 0 Å². The van der Waals surface area contributed by atoms with E-state index in [0.29, 0.717) is 13.2 Å². The van der Waals surface area contributed by atoms with Gasteiger partial charge in [-0.25, -0.2) is 0 Å². The van der Waals surface area contributed by atoms with Gasteiger partial charge in [0.15, 0.2) is 0 Å². The molecule has 1 rings (SSSR count). The first-order chi connectivity index (χ1) is 6.77. The van der Waals surface area contributed by atoms with Crippen LogP contribution in [0.15, 0.2) is 24.3 Å². The summed E-state index contributed by atoms with van der Waals surface area (Å²) in [5.41, 5.74) is 3.90. The van der Waals surface area contributed by atoms with E-state index < -0.39 is 0 Å². The first-order valence-corrected chi connectivity index (χ1v) is 5.65. The van der Waals surface area contributed by atoms with Gasteiger partial charge in [-0.3, -0.25) is 11.3 Å². The SMILES string of the molecule is CCOCC(NN)c1ccc(I)cc1. The number of nitrogens with one attached hydrogen (secondary N) is 1. The second-order valence-electron chi connectivity index (χ2n) is 2.93. The third-order valence-corrected chi connectivity index (χ3v) is 2.68. The van der Waals surface area contributed by atoms with Gasteiger partial charge in [-0.05, 0) is 47.2 Å². The molecule has 0 heterocycles. The van der Waals surface area contributed by atoms with Crippen molar-refractivity contribution in [2.75, 3.05) is 13.2 Å². The van der Waals surface area contributed by atoms with Crippen LogP contribution in [0, 0.1) is 3.57 Å². The molecule has 78 valence electrons. The molecule has 0 spiro atoms. The van der Waals surface area contributed by atoms with Gasteiger partial charge >= 0.3 is 0 Å². The molecule has 1 unspecified atom stereocenters. The highest BCUT2D eigenvalue weighted by Crippen LogP contribution is 2.14. The number of hydrazine groups is 1. The maximum Gasteiger partial charge on any atom is 0.0693 e. The predicted molar refractivity (Wildman–Crippen MR) is 65.7 cm³/mol. The molecule has 1 atom stereocenters. The minimum Gasteiger partial charge on any atom is -0.380 e. The molecule has 0 aliphatic carbocycles. The molecule has 0 bridgehead atoms. The molecule has 1 aromatic carbocycles. The van der Waals surface area contributed by atoms with Crippen LogP contribution >= 0.6 is 22.6 Å². The normalized spacial score (nSPS) is 12.8. The zero-order valence-electron chi connectivity index (χ0n) is 8.16. The summed E-state index contributed by atoms with van der Waals surface area (Å²) in [6.07, 6.45) is 0. The van der Waals surface area contributed by atoms with Crippen molar-refractivity contribution < 1.29 is 4.74 Å². The quantitative estimate of drug-likeness (QED) is 0.496. The zero-order valence-corrected chi connectivity index (χ0v) is 10.3. The molecular formula is C10H15IN2O. The molecule has 0 aliphatic rings. The molecule has 0 saturated heterocycles. The van der Waals surface area contributed by atoms with E-state index in [9.17, 15) is 0 Å². The monoisotopic (exact) mass is 306 g/mol. The van der Waals surface area contributed by atoms with Crippen LogP contribution in [0.5, 0.6) is 0 Å². The number of benzene rings is 1. The zero-order chi connectivity index (χ0) is 10.4. The third kappa shape index (κ3) is 3.53. The summed E-state index contributed by atoms with van der Waals surface area (Å²) in [6, 6.07) is 8.32. The van der Waals surface area contributed by atoms with Crippen molar-refractivity contribution in [3.8, 4) is 0 Å². The molecule has 0 aliphatic heterocycles. The lowest BCUT2D eigenvalue weighted by atomic mass is 10.1. The van der Waals surface area contributed by atoms with E-state index in [4.69, 9.17) is 10.6 Å². The maximum absolute atomic E-state index is 5.45. The van der Waals surface area contributed by atoms with Crippen molar-refractivity contribution in [2.24, 2.45) is 5.84 Å². The Balaban J connectivity index is 2.64. The lowest BCUT2D eigenvalue weighted by molar-refractivity contribution is 0.123. The van der Waals surface area contributed by atoms with E-state index in [-0.39, 0.29) is 6.04 Å². The summed E-state index contributed by atoms with van der Waals surface area (Å²) >= 11 is 2.28. The highest BCUT2D eigenvalue weighted by Gasteiger charge is 2.08. The number of rotatable bonds is 5. The van der Waals surface area contributed by atoms with Gasteiger partial charge in [-0.1, -0.05) is 12.1 Å². The molecule has 3 nitrogen and oxygen atoms in total. The van der Waals surface area contributed by atoms with Crippen LogP contribution in [0.4, 0.5) is 0 Å². The Bertz CT molecular complexity index is 263. The van der Waals surface area contributed by atoms with E-state index in [0.717, 1.165) is 5.56 Å². The smallest absolute Gasteiger partial charge is 0.0693 e. The van der Waals surface area contributed by atoms with E-state index in [1.807, 2.05) is 6.92 Å². The molecule has 14 heavy (non-hydrogen) atoms. The fraction of sp³-hybridized carbons (Fsp3) is 0.400. The van der Waals surface area contributed by atoms with E-state index in [1.54, 1.807) is 0 Å². The number of hydrogen-bond donors (Lipinski definition) is 2. The minimum absolute atomic E-state index is 0.0759. The molecule has 0 fully saturated rings. The summed E-state index contributed by atoms with van der Waals surface area (Å²) in [4.78, 5) is 0. The highest BCUT2D eigenvalue weighted by molar-refractivity contribution is 14.1. The van der Waals surface area contributed by atoms with Gasteiger partial charge in [-0.15, -0.1) is 0 Å². The van der Waals surface area contributed by atoms with Crippen LogP contribution in [-0.4, -0.2) is 13.2 Å². The first-order valence-electron chi connectivity index (χ1n) is 4.57. The van der Waals surface area contributed by atoms with Gasteiger partial charge in [0.1, 0.15) is 0 Å². The number of hydrogen-bond acceptors (Lipinski definition) is 3. The van der Waals surface area contributed by atoms with Crippen molar-refractivity contribution in [2.45, 2.75) is 13.0 Å². The van der Waals surface area contributed by atoms with Crippen molar-refractivity contribution in [3.05, 3.63) is 33.4 Å². The van der Waals surface area contributed by atoms with Gasteiger partial charge in [-0.2, -0.15) is 0 Å². The standard InChI is InChI=1S/C10H15IN2O/c1-2-14-7-10(13-12)8-3-5-9(11)6-4-8/h3-6,10,13H,2,7,12H2,1H3. The maximum atomic E-state index is 5.45. The Morgan fingerprint density at radius 1 is 1.43 bits per heavy atom. The van der Waals surface area contributed by atoms with Crippen molar-refractivity contribution in [1.82, 2.24) is 5.43 Å². The number of ether oxygens (including phenoxy) is 1. The van der Waals surface area contributed by atoms with Gasteiger partial charge < -0.3 is 4.74 Å². The van der Waals surface area contributed by atoms with Crippen LogP contribution < -0.4 is 11.3 Å². The molecule has 0 radical (unpaired) electrons. The molecule has 4 heteroatoms. The van der Waals surface area contributed by atoms with Crippen LogP contribution in [0.1, 0.15) is 18.5 Å². The molecule has 0 amide bonds. The van der Waals surface area contributed by atoms with E-state index in [2.05, 4.69) is 52.3 Å². The molecule has 0 aromatic heterocycles. The van der Waals surface area contributed by atoms with Gasteiger partial charge in [0, 0.05) is 10.2 Å². The molecule has 3 N–H and O–H groups in total. The fourth-order valence-corrected chi connectivity index (χ4v) is 1.53. The van der Waals surface area contributed by atoms with Crippen LogP contribution in [0.2, 0.25) is 0 Å². The van der Waals surface area contributed by atoms with E-state index >= 15 is 0 Å². The van der Waals surface area contributed by atoms with Crippen LogP contribution in [0.25, 0.3) is 0 Å². The Morgan fingerprint density at radius 3 is 2.57 bits per heavy atom. The largest absolute Gasteiger partial charge is 0.380 e. The Labute approximate surface area is 98.1 Å². The third-order valence-electron chi connectivity index (χ3n) is 1.96. The average molecular weight is 306 g/mol. The van der Waals surface area contributed by atoms with Crippen molar-refractivity contribution in [1.29, 1.82) is 0 Å². The number of halogens is 1. The summed E-state index contributed by atoms with van der Waals surface area (Å²) in [7, 11) is 0. The second-order valence-corrected chi connectivity index (χ2v) is 4.18. The Morgan fingerprint density at radius 2 is 2.07 bits per heavy atom. The summed E-state index contributed by atoms with van der Waals surface area (Å²) in [5, 5.41) is 0. The van der Waals surface area contributed by atoms with Crippen LogP contribution in [-0.2, 0) is 4.74 Å². The highest BCUT2D eigenvalue weighted by atomic mass is 127. The molecule has 0 saturated carbocycles. The predicted octanol–water partition coefficient (Wildman–Crippen LogP) is 1.83. The molecular weight excluding hydrogens is 291 g/mol.